The monoisotopic (exact) mass is 305 g/mol. The van der Waals surface area contributed by atoms with E-state index in [4.69, 9.17) is 9.84 Å². The fraction of sp³-hybridized carbons (Fsp3) is 0.529. The molecule has 0 bridgehead atoms. The van der Waals surface area contributed by atoms with Gasteiger partial charge in [0.15, 0.2) is 0 Å². The van der Waals surface area contributed by atoms with Crippen molar-refractivity contribution in [1.82, 2.24) is 4.90 Å². The molecule has 5 nitrogen and oxygen atoms in total. The van der Waals surface area contributed by atoms with Gasteiger partial charge in [0.05, 0.1) is 5.56 Å². The molecular formula is C17H23NO4. The van der Waals surface area contributed by atoms with Crippen LogP contribution < -0.4 is 0 Å². The van der Waals surface area contributed by atoms with Crippen LogP contribution in [0.2, 0.25) is 0 Å². The lowest BCUT2D eigenvalue weighted by atomic mass is 9.90. The third-order valence-electron chi connectivity index (χ3n) is 3.98. The van der Waals surface area contributed by atoms with Crippen LogP contribution in [0.1, 0.15) is 48.0 Å². The summed E-state index contributed by atoms with van der Waals surface area (Å²) in [4.78, 5) is 24.9. The Bertz CT molecular complexity index is 512. The molecule has 1 heterocycles. The van der Waals surface area contributed by atoms with Crippen molar-refractivity contribution in [3.8, 4) is 0 Å². The molecule has 1 aliphatic rings. The standard InChI is InChI=1S/C17H23NO4/c1-2-10-22-12-16(19)18-9-3-4-15(11-18)13-5-7-14(8-6-13)17(20)21/h5-8,15H,2-4,9-12H2,1H3,(H,20,21). The molecule has 1 aromatic carbocycles. The molecule has 2 rings (SSSR count). The van der Waals surface area contributed by atoms with E-state index in [1.54, 1.807) is 12.1 Å². The van der Waals surface area contributed by atoms with E-state index in [1.807, 2.05) is 24.0 Å². The van der Waals surface area contributed by atoms with Crippen molar-refractivity contribution in [2.45, 2.75) is 32.1 Å². The van der Waals surface area contributed by atoms with Gasteiger partial charge >= 0.3 is 5.97 Å². The summed E-state index contributed by atoms with van der Waals surface area (Å²) >= 11 is 0. The summed E-state index contributed by atoms with van der Waals surface area (Å²) in [5, 5.41) is 8.94. The van der Waals surface area contributed by atoms with Crippen LogP contribution in [0.4, 0.5) is 0 Å². The van der Waals surface area contributed by atoms with Gasteiger partial charge in [-0.2, -0.15) is 0 Å². The number of carbonyl (C=O) groups is 2. The lowest BCUT2D eigenvalue weighted by molar-refractivity contribution is -0.137. The van der Waals surface area contributed by atoms with Crippen molar-refractivity contribution in [3.05, 3.63) is 35.4 Å². The summed E-state index contributed by atoms with van der Waals surface area (Å²) in [7, 11) is 0. The average molecular weight is 305 g/mol. The maximum absolute atomic E-state index is 12.1. The number of carboxylic acids is 1. The Morgan fingerprint density at radius 2 is 2.05 bits per heavy atom. The van der Waals surface area contributed by atoms with Gasteiger partial charge in [0.2, 0.25) is 5.91 Å². The Morgan fingerprint density at radius 1 is 1.32 bits per heavy atom. The Kier molecular flexibility index (Phi) is 5.95. The van der Waals surface area contributed by atoms with Crippen LogP contribution in [-0.2, 0) is 9.53 Å². The Morgan fingerprint density at radius 3 is 2.68 bits per heavy atom. The van der Waals surface area contributed by atoms with Gasteiger partial charge in [-0.1, -0.05) is 19.1 Å². The number of amides is 1. The number of hydrogen-bond acceptors (Lipinski definition) is 3. The van der Waals surface area contributed by atoms with Crippen molar-refractivity contribution in [1.29, 1.82) is 0 Å². The van der Waals surface area contributed by atoms with Crippen molar-refractivity contribution in [3.63, 3.8) is 0 Å². The zero-order chi connectivity index (χ0) is 15.9. The molecule has 1 amide bonds. The fourth-order valence-corrected chi connectivity index (χ4v) is 2.77. The number of benzene rings is 1. The van der Waals surface area contributed by atoms with Crippen molar-refractivity contribution < 1.29 is 19.4 Å². The van der Waals surface area contributed by atoms with Crippen LogP contribution >= 0.6 is 0 Å². The van der Waals surface area contributed by atoms with Gasteiger partial charge < -0.3 is 14.7 Å². The van der Waals surface area contributed by atoms with Gasteiger partial charge in [0.25, 0.3) is 0 Å². The van der Waals surface area contributed by atoms with E-state index < -0.39 is 5.97 Å². The summed E-state index contributed by atoms with van der Waals surface area (Å²) in [6.45, 7) is 4.24. The van der Waals surface area contributed by atoms with Crippen LogP contribution in [0, 0.1) is 0 Å². The molecule has 1 aliphatic heterocycles. The number of ether oxygens (including phenoxy) is 1. The van der Waals surface area contributed by atoms with Crippen LogP contribution in [-0.4, -0.2) is 48.2 Å². The SMILES string of the molecule is CCCOCC(=O)N1CCCC(c2ccc(C(=O)O)cc2)C1. The predicted molar refractivity (Wildman–Crippen MR) is 83.1 cm³/mol. The maximum Gasteiger partial charge on any atom is 0.335 e. The highest BCUT2D eigenvalue weighted by Crippen LogP contribution is 2.27. The Hall–Kier alpha value is -1.88. The van der Waals surface area contributed by atoms with Crippen molar-refractivity contribution >= 4 is 11.9 Å². The number of aromatic carboxylic acids is 1. The second kappa shape index (κ2) is 7.94. The molecule has 120 valence electrons. The number of carbonyl (C=O) groups excluding carboxylic acids is 1. The van der Waals surface area contributed by atoms with E-state index in [9.17, 15) is 9.59 Å². The van der Waals surface area contributed by atoms with Gasteiger partial charge in [-0.15, -0.1) is 0 Å². The third-order valence-corrected chi connectivity index (χ3v) is 3.98. The second-order valence-corrected chi connectivity index (χ2v) is 5.66. The summed E-state index contributed by atoms with van der Waals surface area (Å²) in [5.41, 5.74) is 1.39. The molecule has 0 radical (unpaired) electrons. The highest BCUT2D eigenvalue weighted by Gasteiger charge is 2.24. The number of likely N-dealkylation sites (tertiary alicyclic amines) is 1. The molecule has 1 aromatic rings. The van der Waals surface area contributed by atoms with Crippen LogP contribution in [0.3, 0.4) is 0 Å². The Balaban J connectivity index is 1.95. The van der Waals surface area contributed by atoms with Gasteiger partial charge in [0, 0.05) is 25.6 Å². The summed E-state index contributed by atoms with van der Waals surface area (Å²) in [6.07, 6.45) is 2.89. The first-order chi connectivity index (χ1) is 10.6. The van der Waals surface area contributed by atoms with Crippen LogP contribution in [0.25, 0.3) is 0 Å². The molecule has 0 saturated carbocycles. The molecule has 1 atom stereocenters. The van der Waals surface area contributed by atoms with Gasteiger partial charge in [-0.3, -0.25) is 4.79 Å². The highest BCUT2D eigenvalue weighted by molar-refractivity contribution is 5.87. The maximum atomic E-state index is 12.1. The van der Waals surface area contributed by atoms with Crippen molar-refractivity contribution in [2.75, 3.05) is 26.3 Å². The molecule has 1 saturated heterocycles. The largest absolute Gasteiger partial charge is 0.478 e. The molecule has 0 spiro atoms. The first-order valence-corrected chi connectivity index (χ1v) is 7.80. The zero-order valence-electron chi connectivity index (χ0n) is 13.0. The minimum absolute atomic E-state index is 0.0420. The number of nitrogens with zero attached hydrogens (tertiary/aromatic N) is 1. The molecular weight excluding hydrogens is 282 g/mol. The number of piperidine rings is 1. The smallest absolute Gasteiger partial charge is 0.335 e. The first kappa shape index (κ1) is 16.5. The van der Waals surface area contributed by atoms with E-state index in [0.29, 0.717) is 18.7 Å². The highest BCUT2D eigenvalue weighted by atomic mass is 16.5. The molecule has 5 heteroatoms. The average Bonchev–Trinajstić information content (AvgIpc) is 2.55. The second-order valence-electron chi connectivity index (χ2n) is 5.66. The predicted octanol–water partition coefficient (Wildman–Crippen LogP) is 2.52. The molecule has 1 fully saturated rings. The molecule has 22 heavy (non-hydrogen) atoms. The Labute approximate surface area is 130 Å². The quantitative estimate of drug-likeness (QED) is 0.820. The molecule has 0 aromatic heterocycles. The normalized spacial score (nSPS) is 18.2. The van der Waals surface area contributed by atoms with Crippen LogP contribution in [0.5, 0.6) is 0 Å². The van der Waals surface area contributed by atoms with E-state index in [2.05, 4.69) is 0 Å². The molecule has 0 aliphatic carbocycles. The van der Waals surface area contributed by atoms with Gasteiger partial charge in [-0.25, -0.2) is 4.79 Å². The van der Waals surface area contributed by atoms with E-state index in [0.717, 1.165) is 31.4 Å². The van der Waals surface area contributed by atoms with Gasteiger partial charge in [-0.05, 0) is 37.0 Å². The number of carboxylic acid groups (broad SMARTS) is 1. The third kappa shape index (κ3) is 4.31. The van der Waals surface area contributed by atoms with Crippen molar-refractivity contribution in [2.24, 2.45) is 0 Å². The lowest BCUT2D eigenvalue weighted by Gasteiger charge is -2.33. The topological polar surface area (TPSA) is 66.8 Å². The summed E-state index contributed by atoms with van der Waals surface area (Å²) in [6, 6.07) is 6.97. The minimum Gasteiger partial charge on any atom is -0.478 e. The number of rotatable bonds is 6. The summed E-state index contributed by atoms with van der Waals surface area (Å²) < 4.78 is 5.32. The first-order valence-electron chi connectivity index (χ1n) is 7.80. The minimum atomic E-state index is -0.917. The summed E-state index contributed by atoms with van der Waals surface area (Å²) in [5.74, 6) is -0.605. The molecule has 1 unspecified atom stereocenters. The van der Waals surface area contributed by atoms with E-state index in [-0.39, 0.29) is 18.4 Å². The molecule has 1 N–H and O–H groups in total. The zero-order valence-corrected chi connectivity index (χ0v) is 13.0. The van der Waals surface area contributed by atoms with E-state index in [1.165, 1.54) is 0 Å². The lowest BCUT2D eigenvalue weighted by Crippen LogP contribution is -2.41. The number of hydrogen-bond donors (Lipinski definition) is 1. The fourth-order valence-electron chi connectivity index (χ4n) is 2.77. The van der Waals surface area contributed by atoms with Crippen LogP contribution in [0.15, 0.2) is 24.3 Å². The van der Waals surface area contributed by atoms with Gasteiger partial charge in [0.1, 0.15) is 6.61 Å². The van der Waals surface area contributed by atoms with E-state index >= 15 is 0 Å².